The van der Waals surface area contributed by atoms with Crippen molar-refractivity contribution in [3.8, 4) is 11.5 Å². The van der Waals surface area contributed by atoms with Crippen molar-refractivity contribution in [2.24, 2.45) is 5.73 Å². The van der Waals surface area contributed by atoms with Crippen molar-refractivity contribution in [2.75, 3.05) is 0 Å². The van der Waals surface area contributed by atoms with Gasteiger partial charge in [0.25, 0.3) is 0 Å². The van der Waals surface area contributed by atoms with E-state index in [9.17, 15) is 9.59 Å². The minimum absolute atomic E-state index is 0.294. The molecule has 0 aliphatic carbocycles. The van der Waals surface area contributed by atoms with Gasteiger partial charge in [-0.25, -0.2) is 0 Å². The maximum atomic E-state index is 11.6. The van der Waals surface area contributed by atoms with E-state index in [0.29, 0.717) is 22.1 Å². The van der Waals surface area contributed by atoms with Crippen molar-refractivity contribution in [1.29, 1.82) is 0 Å². The first-order chi connectivity index (χ1) is 9.54. The molecule has 0 fully saturated rings. The van der Waals surface area contributed by atoms with E-state index in [-0.39, 0.29) is 12.2 Å². The first kappa shape index (κ1) is 14.1. The van der Waals surface area contributed by atoms with E-state index in [4.69, 9.17) is 22.1 Å². The SMILES string of the molecule is NC(=O)CC(=O)c1ccc(Oc2ccc(Cl)cc2)cc1. The second-order valence-electron chi connectivity index (χ2n) is 4.15. The quantitative estimate of drug-likeness (QED) is 0.679. The number of Topliss-reactive ketones (excluding diaryl/α,β-unsaturated/α-hetero) is 1. The Morgan fingerprint density at radius 2 is 1.45 bits per heavy atom. The summed E-state index contributed by atoms with van der Waals surface area (Å²) in [6, 6.07) is 13.4. The summed E-state index contributed by atoms with van der Waals surface area (Å²) in [6.45, 7) is 0. The highest BCUT2D eigenvalue weighted by Crippen LogP contribution is 2.23. The minimum atomic E-state index is -0.642. The van der Waals surface area contributed by atoms with E-state index >= 15 is 0 Å². The smallest absolute Gasteiger partial charge is 0.225 e. The number of halogens is 1. The second kappa shape index (κ2) is 6.21. The van der Waals surface area contributed by atoms with Crippen LogP contribution < -0.4 is 10.5 Å². The van der Waals surface area contributed by atoms with Gasteiger partial charge in [-0.15, -0.1) is 0 Å². The van der Waals surface area contributed by atoms with Crippen LogP contribution in [0.1, 0.15) is 16.8 Å². The van der Waals surface area contributed by atoms with Gasteiger partial charge in [0, 0.05) is 10.6 Å². The predicted octanol–water partition coefficient (Wildman–Crippen LogP) is 3.19. The van der Waals surface area contributed by atoms with Crippen LogP contribution in [0.25, 0.3) is 0 Å². The van der Waals surface area contributed by atoms with Crippen LogP contribution in [0.4, 0.5) is 0 Å². The van der Waals surface area contributed by atoms with E-state index in [2.05, 4.69) is 0 Å². The van der Waals surface area contributed by atoms with E-state index in [1.807, 2.05) is 0 Å². The molecule has 0 aliphatic heterocycles. The molecule has 2 aromatic carbocycles. The van der Waals surface area contributed by atoms with Crippen LogP contribution in [-0.4, -0.2) is 11.7 Å². The molecule has 0 saturated heterocycles. The molecule has 0 atom stereocenters. The summed E-state index contributed by atoms with van der Waals surface area (Å²) in [4.78, 5) is 22.3. The number of carbonyl (C=O) groups excluding carboxylic acids is 2. The Morgan fingerprint density at radius 1 is 0.950 bits per heavy atom. The molecule has 4 nitrogen and oxygen atoms in total. The molecule has 2 N–H and O–H groups in total. The zero-order valence-corrected chi connectivity index (χ0v) is 11.3. The van der Waals surface area contributed by atoms with Crippen molar-refractivity contribution in [3.05, 3.63) is 59.1 Å². The lowest BCUT2D eigenvalue weighted by molar-refractivity contribution is -0.117. The topological polar surface area (TPSA) is 69.4 Å². The van der Waals surface area contributed by atoms with Crippen molar-refractivity contribution >= 4 is 23.3 Å². The summed E-state index contributed by atoms with van der Waals surface area (Å²) in [7, 11) is 0. The molecule has 0 aliphatic rings. The van der Waals surface area contributed by atoms with Crippen molar-refractivity contribution in [2.45, 2.75) is 6.42 Å². The van der Waals surface area contributed by atoms with Gasteiger partial charge in [0.1, 0.15) is 11.5 Å². The number of nitrogens with two attached hydrogens (primary N) is 1. The maximum Gasteiger partial charge on any atom is 0.225 e. The molecule has 5 heteroatoms. The first-order valence-electron chi connectivity index (χ1n) is 5.89. The van der Waals surface area contributed by atoms with Crippen LogP contribution >= 0.6 is 11.6 Å². The summed E-state index contributed by atoms with van der Waals surface area (Å²) >= 11 is 5.78. The standard InChI is InChI=1S/C15H12ClNO3/c16-11-3-7-13(8-4-11)20-12-5-1-10(2-6-12)14(18)9-15(17)19/h1-8H,9H2,(H2,17,19). The largest absolute Gasteiger partial charge is 0.457 e. The number of rotatable bonds is 5. The third kappa shape index (κ3) is 3.83. The molecule has 20 heavy (non-hydrogen) atoms. The fourth-order valence-electron chi connectivity index (χ4n) is 1.61. The highest BCUT2D eigenvalue weighted by atomic mass is 35.5. The highest BCUT2D eigenvalue weighted by Gasteiger charge is 2.09. The zero-order valence-electron chi connectivity index (χ0n) is 10.5. The summed E-state index contributed by atoms with van der Waals surface area (Å²) in [5.41, 5.74) is 5.40. The van der Waals surface area contributed by atoms with Gasteiger partial charge in [0.15, 0.2) is 5.78 Å². The van der Waals surface area contributed by atoms with Crippen LogP contribution in [0.15, 0.2) is 48.5 Å². The van der Waals surface area contributed by atoms with Gasteiger partial charge in [-0.3, -0.25) is 9.59 Å². The molecule has 2 rings (SSSR count). The molecule has 0 heterocycles. The fourth-order valence-corrected chi connectivity index (χ4v) is 1.73. The van der Waals surface area contributed by atoms with Crippen molar-refractivity contribution in [1.82, 2.24) is 0 Å². The molecule has 1 amide bonds. The number of ketones is 1. The summed E-state index contributed by atoms with van der Waals surface area (Å²) in [5.74, 6) is 0.278. The number of ether oxygens (including phenoxy) is 1. The highest BCUT2D eigenvalue weighted by molar-refractivity contribution is 6.30. The van der Waals surface area contributed by atoms with E-state index in [1.165, 1.54) is 0 Å². The average molecular weight is 290 g/mol. The summed E-state index contributed by atoms with van der Waals surface area (Å²) < 4.78 is 5.59. The van der Waals surface area contributed by atoms with Crippen LogP contribution in [0.2, 0.25) is 5.02 Å². The second-order valence-corrected chi connectivity index (χ2v) is 4.58. The molecule has 0 aromatic heterocycles. The predicted molar refractivity (Wildman–Crippen MR) is 76.1 cm³/mol. The van der Waals surface area contributed by atoms with Gasteiger partial charge >= 0.3 is 0 Å². The van der Waals surface area contributed by atoms with Gasteiger partial charge in [-0.2, -0.15) is 0 Å². The van der Waals surface area contributed by atoms with E-state index < -0.39 is 5.91 Å². The molecule has 0 spiro atoms. The molecular formula is C15H12ClNO3. The monoisotopic (exact) mass is 289 g/mol. The molecule has 0 radical (unpaired) electrons. The van der Waals surface area contributed by atoms with Crippen molar-refractivity contribution < 1.29 is 14.3 Å². The van der Waals surface area contributed by atoms with Crippen LogP contribution in [0, 0.1) is 0 Å². The van der Waals surface area contributed by atoms with E-state index in [0.717, 1.165) is 0 Å². The van der Waals surface area contributed by atoms with Gasteiger partial charge in [-0.05, 0) is 48.5 Å². The Hall–Kier alpha value is -2.33. The third-order valence-corrected chi connectivity index (χ3v) is 2.81. The average Bonchev–Trinajstić information content (AvgIpc) is 2.41. The van der Waals surface area contributed by atoms with E-state index in [1.54, 1.807) is 48.5 Å². The van der Waals surface area contributed by atoms with Gasteiger partial charge in [0.2, 0.25) is 5.91 Å². The third-order valence-electron chi connectivity index (χ3n) is 2.56. The Balaban J connectivity index is 2.06. The number of carbonyl (C=O) groups is 2. The summed E-state index contributed by atoms with van der Waals surface area (Å²) in [5, 5.41) is 0.629. The number of hydrogen-bond acceptors (Lipinski definition) is 3. The van der Waals surface area contributed by atoms with Crippen LogP contribution in [0.3, 0.4) is 0 Å². The lowest BCUT2D eigenvalue weighted by Crippen LogP contribution is -2.16. The molecular weight excluding hydrogens is 278 g/mol. The Labute approximate surface area is 121 Å². The molecule has 0 unspecified atom stereocenters. The lowest BCUT2D eigenvalue weighted by atomic mass is 10.1. The number of primary amides is 1. The normalized spacial score (nSPS) is 10.1. The molecule has 102 valence electrons. The zero-order chi connectivity index (χ0) is 14.5. The maximum absolute atomic E-state index is 11.6. The fraction of sp³-hybridized carbons (Fsp3) is 0.0667. The van der Waals surface area contributed by atoms with Crippen LogP contribution in [-0.2, 0) is 4.79 Å². The molecule has 0 saturated carbocycles. The lowest BCUT2D eigenvalue weighted by Gasteiger charge is -2.06. The van der Waals surface area contributed by atoms with Crippen LogP contribution in [0.5, 0.6) is 11.5 Å². The van der Waals surface area contributed by atoms with Gasteiger partial charge in [0.05, 0.1) is 6.42 Å². The Kier molecular flexibility index (Phi) is 4.38. The van der Waals surface area contributed by atoms with Gasteiger partial charge in [-0.1, -0.05) is 11.6 Å². The number of benzene rings is 2. The number of hydrogen-bond donors (Lipinski definition) is 1. The Bertz CT molecular complexity index is 621. The molecule has 0 bridgehead atoms. The molecule has 2 aromatic rings. The Morgan fingerprint density at radius 3 is 1.95 bits per heavy atom. The van der Waals surface area contributed by atoms with Gasteiger partial charge < -0.3 is 10.5 Å². The summed E-state index contributed by atoms with van der Waals surface area (Å²) in [6.07, 6.45) is -0.294. The first-order valence-corrected chi connectivity index (χ1v) is 6.27. The minimum Gasteiger partial charge on any atom is -0.457 e. The number of amides is 1. The van der Waals surface area contributed by atoms with Crippen molar-refractivity contribution in [3.63, 3.8) is 0 Å².